The summed E-state index contributed by atoms with van der Waals surface area (Å²) in [6.45, 7) is 1.10. The van der Waals surface area contributed by atoms with Crippen LogP contribution >= 0.6 is 23.1 Å². The number of hydrogen-bond acceptors (Lipinski definition) is 7. The van der Waals surface area contributed by atoms with Crippen LogP contribution in [0.3, 0.4) is 0 Å². The normalized spacial score (nSPS) is 15.2. The van der Waals surface area contributed by atoms with Crippen molar-refractivity contribution >= 4 is 44.2 Å². The molecule has 10 heteroatoms. The molecule has 0 radical (unpaired) electrons. The number of amides is 1. The van der Waals surface area contributed by atoms with Crippen molar-refractivity contribution in [1.82, 2.24) is 14.5 Å². The van der Waals surface area contributed by atoms with Gasteiger partial charge in [-0.2, -0.15) is 4.31 Å². The minimum atomic E-state index is -3.53. The first-order chi connectivity index (χ1) is 15.5. The van der Waals surface area contributed by atoms with E-state index in [1.165, 1.54) is 41.2 Å². The Kier molecular flexibility index (Phi) is 7.56. The van der Waals surface area contributed by atoms with Crippen molar-refractivity contribution in [2.24, 2.45) is 0 Å². The third kappa shape index (κ3) is 5.74. The van der Waals surface area contributed by atoms with Crippen LogP contribution in [0.15, 0.2) is 63.8 Å². The SMILES string of the molecule is O=C(Nc1nnc(SCc2ccccc2)s1)c1ccc(S(=O)(=O)N2CCCCCC2)cc1. The molecule has 0 saturated carbocycles. The van der Waals surface area contributed by atoms with E-state index in [2.05, 4.69) is 15.5 Å². The van der Waals surface area contributed by atoms with Gasteiger partial charge in [0.2, 0.25) is 15.2 Å². The van der Waals surface area contributed by atoms with Crippen LogP contribution in [-0.4, -0.2) is 41.9 Å². The highest BCUT2D eigenvalue weighted by molar-refractivity contribution is 8.00. The lowest BCUT2D eigenvalue weighted by atomic mass is 10.2. The van der Waals surface area contributed by atoms with Gasteiger partial charge in [0.25, 0.3) is 5.91 Å². The van der Waals surface area contributed by atoms with E-state index in [4.69, 9.17) is 0 Å². The lowest BCUT2D eigenvalue weighted by molar-refractivity contribution is 0.102. The van der Waals surface area contributed by atoms with E-state index in [1.807, 2.05) is 30.3 Å². The van der Waals surface area contributed by atoms with E-state index in [-0.39, 0.29) is 10.8 Å². The second kappa shape index (κ2) is 10.6. The minimum Gasteiger partial charge on any atom is -0.296 e. The smallest absolute Gasteiger partial charge is 0.257 e. The van der Waals surface area contributed by atoms with Crippen molar-refractivity contribution in [1.29, 1.82) is 0 Å². The number of aromatic nitrogens is 2. The Morgan fingerprint density at radius 2 is 1.66 bits per heavy atom. The van der Waals surface area contributed by atoms with Gasteiger partial charge in [-0.1, -0.05) is 66.3 Å². The fourth-order valence-electron chi connectivity index (χ4n) is 3.42. The number of rotatable bonds is 7. The zero-order valence-corrected chi connectivity index (χ0v) is 19.9. The van der Waals surface area contributed by atoms with Crippen molar-refractivity contribution in [3.8, 4) is 0 Å². The number of benzene rings is 2. The molecule has 0 aliphatic carbocycles. The molecule has 1 aromatic heterocycles. The number of carbonyl (C=O) groups excluding carboxylic acids is 1. The van der Waals surface area contributed by atoms with Crippen molar-refractivity contribution < 1.29 is 13.2 Å². The average Bonchev–Trinajstić information content (AvgIpc) is 3.07. The van der Waals surface area contributed by atoms with Crippen molar-refractivity contribution in [2.75, 3.05) is 18.4 Å². The number of hydrogen-bond donors (Lipinski definition) is 1. The number of thioether (sulfide) groups is 1. The van der Waals surface area contributed by atoms with Crippen molar-refractivity contribution in [2.45, 2.75) is 40.7 Å². The molecule has 0 bridgehead atoms. The Hall–Kier alpha value is -2.27. The maximum Gasteiger partial charge on any atom is 0.257 e. The predicted molar refractivity (Wildman–Crippen MR) is 128 cm³/mol. The largest absolute Gasteiger partial charge is 0.296 e. The molecule has 0 spiro atoms. The Morgan fingerprint density at radius 3 is 2.34 bits per heavy atom. The van der Waals surface area contributed by atoms with Gasteiger partial charge in [0.05, 0.1) is 4.90 Å². The molecule has 168 valence electrons. The Labute approximate surface area is 196 Å². The monoisotopic (exact) mass is 488 g/mol. The van der Waals surface area contributed by atoms with Crippen LogP contribution in [0.4, 0.5) is 5.13 Å². The molecule has 1 fully saturated rings. The van der Waals surface area contributed by atoms with Crippen LogP contribution < -0.4 is 5.32 Å². The second-order valence-electron chi connectivity index (χ2n) is 7.44. The number of sulfonamides is 1. The van der Waals surface area contributed by atoms with Gasteiger partial charge in [-0.3, -0.25) is 10.1 Å². The Bertz CT molecular complexity index is 1140. The molecular formula is C22H24N4O3S3. The first-order valence-electron chi connectivity index (χ1n) is 10.4. The molecule has 7 nitrogen and oxygen atoms in total. The maximum atomic E-state index is 12.9. The summed E-state index contributed by atoms with van der Waals surface area (Å²) in [4.78, 5) is 12.8. The predicted octanol–water partition coefficient (Wildman–Crippen LogP) is 4.65. The van der Waals surface area contributed by atoms with Gasteiger partial charge in [-0.15, -0.1) is 10.2 Å². The third-order valence-corrected chi connectivity index (χ3v) is 9.11. The molecule has 2 aromatic carbocycles. The summed E-state index contributed by atoms with van der Waals surface area (Å²) in [6.07, 6.45) is 3.88. The van der Waals surface area contributed by atoms with Crippen LogP contribution in [0.1, 0.15) is 41.6 Å². The van der Waals surface area contributed by atoms with E-state index in [9.17, 15) is 13.2 Å². The molecule has 32 heavy (non-hydrogen) atoms. The lowest BCUT2D eigenvalue weighted by Crippen LogP contribution is -2.31. The van der Waals surface area contributed by atoms with Crippen molar-refractivity contribution in [3.63, 3.8) is 0 Å². The molecule has 4 rings (SSSR count). The van der Waals surface area contributed by atoms with E-state index in [0.717, 1.165) is 35.8 Å². The molecule has 0 atom stereocenters. The van der Waals surface area contributed by atoms with Crippen LogP contribution in [0.5, 0.6) is 0 Å². The summed E-state index contributed by atoms with van der Waals surface area (Å²) in [5.41, 5.74) is 1.56. The van der Waals surface area contributed by atoms with Gasteiger partial charge >= 0.3 is 0 Å². The van der Waals surface area contributed by atoms with E-state index in [0.29, 0.717) is 23.8 Å². The van der Waals surface area contributed by atoms with Gasteiger partial charge < -0.3 is 0 Å². The average molecular weight is 489 g/mol. The zero-order chi connectivity index (χ0) is 22.4. The fourth-order valence-corrected chi connectivity index (χ4v) is 6.64. The highest BCUT2D eigenvalue weighted by Crippen LogP contribution is 2.28. The molecule has 1 amide bonds. The first-order valence-corrected chi connectivity index (χ1v) is 13.7. The van der Waals surface area contributed by atoms with Gasteiger partial charge in [-0.05, 0) is 42.7 Å². The summed E-state index contributed by atoms with van der Waals surface area (Å²) in [5.74, 6) is 0.426. The summed E-state index contributed by atoms with van der Waals surface area (Å²) >= 11 is 2.87. The summed E-state index contributed by atoms with van der Waals surface area (Å²) in [5, 5.41) is 11.3. The standard InChI is InChI=1S/C22H24N4O3S3/c27-20(23-21-24-25-22(31-21)30-16-17-8-4-3-5-9-17)18-10-12-19(13-11-18)32(28,29)26-14-6-1-2-7-15-26/h3-5,8-13H,1-2,6-7,14-16H2,(H,23,24,27). The molecule has 1 saturated heterocycles. The van der Waals surface area contributed by atoms with E-state index in [1.54, 1.807) is 16.1 Å². The van der Waals surface area contributed by atoms with Gasteiger partial charge in [0, 0.05) is 24.4 Å². The molecule has 2 heterocycles. The van der Waals surface area contributed by atoms with Crippen LogP contribution in [0.25, 0.3) is 0 Å². The van der Waals surface area contributed by atoms with Gasteiger partial charge in [-0.25, -0.2) is 8.42 Å². The highest BCUT2D eigenvalue weighted by atomic mass is 32.2. The molecule has 1 N–H and O–H groups in total. The second-order valence-corrected chi connectivity index (χ2v) is 11.6. The summed E-state index contributed by atoms with van der Waals surface area (Å²) in [6, 6.07) is 16.1. The fraction of sp³-hybridized carbons (Fsp3) is 0.318. The molecule has 3 aromatic rings. The number of nitrogens with one attached hydrogen (secondary N) is 1. The van der Waals surface area contributed by atoms with E-state index >= 15 is 0 Å². The quantitative estimate of drug-likeness (QED) is 0.385. The van der Waals surface area contributed by atoms with Crippen molar-refractivity contribution in [3.05, 3.63) is 65.7 Å². The van der Waals surface area contributed by atoms with E-state index < -0.39 is 10.0 Å². The molecule has 1 aliphatic heterocycles. The first kappa shape index (κ1) is 22.9. The molecule has 1 aliphatic rings. The summed E-state index contributed by atoms with van der Waals surface area (Å²) in [7, 11) is -3.53. The zero-order valence-electron chi connectivity index (χ0n) is 17.4. The number of nitrogens with zero attached hydrogens (tertiary/aromatic N) is 3. The van der Waals surface area contributed by atoms with Crippen LogP contribution in [0.2, 0.25) is 0 Å². The van der Waals surface area contributed by atoms with Gasteiger partial charge in [0.15, 0.2) is 4.34 Å². The highest BCUT2D eigenvalue weighted by Gasteiger charge is 2.25. The summed E-state index contributed by atoms with van der Waals surface area (Å²) < 4.78 is 28.1. The maximum absolute atomic E-state index is 12.9. The lowest BCUT2D eigenvalue weighted by Gasteiger charge is -2.20. The Morgan fingerprint density at radius 1 is 0.969 bits per heavy atom. The van der Waals surface area contributed by atoms with Crippen LogP contribution in [-0.2, 0) is 15.8 Å². The number of carbonyl (C=O) groups is 1. The molecular weight excluding hydrogens is 464 g/mol. The number of anilines is 1. The minimum absolute atomic E-state index is 0.214. The Balaban J connectivity index is 1.36. The topological polar surface area (TPSA) is 92.3 Å². The molecule has 0 unspecified atom stereocenters. The third-order valence-electron chi connectivity index (χ3n) is 5.15. The van der Waals surface area contributed by atoms with Gasteiger partial charge in [0.1, 0.15) is 0 Å². The van der Waals surface area contributed by atoms with Crippen LogP contribution in [0, 0.1) is 0 Å².